The minimum absolute atomic E-state index is 0.119. The van der Waals surface area contributed by atoms with E-state index in [9.17, 15) is 9.59 Å². The van der Waals surface area contributed by atoms with Crippen LogP contribution in [0.3, 0.4) is 0 Å². The number of hydrogen-bond acceptors (Lipinski definition) is 6. The molecule has 1 amide bonds. The van der Waals surface area contributed by atoms with Gasteiger partial charge in [0.2, 0.25) is 12.7 Å². The van der Waals surface area contributed by atoms with Gasteiger partial charge in [-0.15, -0.1) is 0 Å². The molecule has 2 aromatic carbocycles. The van der Waals surface area contributed by atoms with E-state index in [4.69, 9.17) is 14.2 Å². The van der Waals surface area contributed by atoms with Gasteiger partial charge in [0.05, 0.1) is 12.8 Å². The molecule has 1 N–H and O–H groups in total. The molecule has 1 aliphatic heterocycles. The van der Waals surface area contributed by atoms with Crippen molar-refractivity contribution in [3.8, 4) is 28.5 Å². The van der Waals surface area contributed by atoms with Crippen LogP contribution < -0.4 is 25.1 Å². The van der Waals surface area contributed by atoms with Crippen LogP contribution in [-0.2, 0) is 11.3 Å². The molecule has 0 saturated carbocycles. The van der Waals surface area contributed by atoms with Gasteiger partial charge in [0.15, 0.2) is 11.5 Å². The molecule has 3 heterocycles. The SMILES string of the molecule is COc1ccc(NC(=O)Cn2ccn3nc(-c4ccc5c(c4)OCO5)cc3c2=O)cc1. The van der Waals surface area contributed by atoms with Gasteiger partial charge in [0.25, 0.3) is 5.56 Å². The number of carbonyl (C=O) groups excluding carboxylic acids is 1. The lowest BCUT2D eigenvalue weighted by atomic mass is 10.1. The van der Waals surface area contributed by atoms with E-state index in [1.165, 1.54) is 9.08 Å². The number of amides is 1. The fourth-order valence-corrected chi connectivity index (χ4v) is 3.38. The number of aromatic nitrogens is 3. The van der Waals surface area contributed by atoms with Gasteiger partial charge >= 0.3 is 0 Å². The molecule has 9 nitrogen and oxygen atoms in total. The predicted octanol–water partition coefficient (Wildman–Crippen LogP) is 2.54. The number of benzene rings is 2. The molecule has 0 atom stereocenters. The molecule has 0 spiro atoms. The van der Waals surface area contributed by atoms with Crippen LogP contribution in [0.25, 0.3) is 16.8 Å². The topological polar surface area (TPSA) is 96.1 Å². The second-order valence-electron chi connectivity index (χ2n) is 6.94. The molecule has 0 bridgehead atoms. The molecule has 1 aliphatic rings. The van der Waals surface area contributed by atoms with Gasteiger partial charge < -0.3 is 24.1 Å². The Bertz CT molecular complexity index is 1340. The summed E-state index contributed by atoms with van der Waals surface area (Å²) in [7, 11) is 1.57. The van der Waals surface area contributed by atoms with Crippen LogP contribution in [0.5, 0.6) is 17.2 Å². The van der Waals surface area contributed by atoms with E-state index < -0.39 is 0 Å². The average molecular weight is 418 g/mol. The molecular weight excluding hydrogens is 400 g/mol. The van der Waals surface area contributed by atoms with E-state index in [1.54, 1.807) is 49.8 Å². The number of hydrogen-bond donors (Lipinski definition) is 1. The van der Waals surface area contributed by atoms with Gasteiger partial charge in [-0.25, -0.2) is 4.52 Å². The van der Waals surface area contributed by atoms with Gasteiger partial charge in [-0.05, 0) is 48.5 Å². The molecular formula is C22H18N4O5. The number of fused-ring (bicyclic) bond motifs is 2. The van der Waals surface area contributed by atoms with Gasteiger partial charge in [-0.2, -0.15) is 5.10 Å². The Morgan fingerprint density at radius 2 is 1.90 bits per heavy atom. The van der Waals surface area contributed by atoms with Gasteiger partial charge in [-0.3, -0.25) is 9.59 Å². The first kappa shape index (κ1) is 18.7. The van der Waals surface area contributed by atoms with Crippen molar-refractivity contribution in [3.63, 3.8) is 0 Å². The molecule has 0 saturated heterocycles. The van der Waals surface area contributed by atoms with Crippen molar-refractivity contribution in [2.75, 3.05) is 19.2 Å². The van der Waals surface area contributed by atoms with Gasteiger partial charge in [0.1, 0.15) is 17.8 Å². The Morgan fingerprint density at radius 1 is 1.10 bits per heavy atom. The smallest absolute Gasteiger partial charge is 0.277 e. The van der Waals surface area contributed by atoms with E-state index in [1.807, 2.05) is 18.2 Å². The van der Waals surface area contributed by atoms with Crippen molar-refractivity contribution in [1.29, 1.82) is 0 Å². The number of rotatable bonds is 5. The zero-order chi connectivity index (χ0) is 21.4. The maximum atomic E-state index is 12.9. The largest absolute Gasteiger partial charge is 0.497 e. The maximum Gasteiger partial charge on any atom is 0.277 e. The Labute approximate surface area is 176 Å². The van der Waals surface area contributed by atoms with Crippen molar-refractivity contribution in [2.24, 2.45) is 0 Å². The number of carbonyl (C=O) groups is 1. The molecule has 0 fully saturated rings. The first-order chi connectivity index (χ1) is 15.1. The lowest BCUT2D eigenvalue weighted by Crippen LogP contribution is -2.28. The average Bonchev–Trinajstić information content (AvgIpc) is 3.43. The zero-order valence-electron chi connectivity index (χ0n) is 16.6. The van der Waals surface area contributed by atoms with Crippen molar-refractivity contribution in [1.82, 2.24) is 14.2 Å². The number of nitrogens with zero attached hydrogens (tertiary/aromatic N) is 3. The second-order valence-corrected chi connectivity index (χ2v) is 6.94. The van der Waals surface area contributed by atoms with Crippen LogP contribution in [0.2, 0.25) is 0 Å². The first-order valence-electron chi connectivity index (χ1n) is 9.53. The van der Waals surface area contributed by atoms with Crippen LogP contribution in [0.4, 0.5) is 5.69 Å². The summed E-state index contributed by atoms with van der Waals surface area (Å²) in [6.07, 6.45) is 3.19. The molecule has 5 rings (SSSR count). The fraction of sp³-hybridized carbons (Fsp3) is 0.136. The summed E-state index contributed by atoms with van der Waals surface area (Å²) in [5.74, 6) is 1.70. The Kier molecular flexibility index (Phi) is 4.55. The van der Waals surface area contributed by atoms with Crippen molar-refractivity contribution >= 4 is 17.1 Å². The van der Waals surface area contributed by atoms with Crippen LogP contribution >= 0.6 is 0 Å². The molecule has 31 heavy (non-hydrogen) atoms. The van der Waals surface area contributed by atoms with Crippen molar-refractivity contribution in [3.05, 3.63) is 71.3 Å². The summed E-state index contributed by atoms with van der Waals surface area (Å²) < 4.78 is 18.7. The lowest BCUT2D eigenvalue weighted by Gasteiger charge is -2.08. The third kappa shape index (κ3) is 3.57. The molecule has 0 aliphatic carbocycles. The number of ether oxygens (including phenoxy) is 3. The lowest BCUT2D eigenvalue weighted by molar-refractivity contribution is -0.116. The fourth-order valence-electron chi connectivity index (χ4n) is 3.38. The zero-order valence-corrected chi connectivity index (χ0v) is 16.6. The quantitative estimate of drug-likeness (QED) is 0.535. The molecule has 0 radical (unpaired) electrons. The first-order valence-corrected chi connectivity index (χ1v) is 9.53. The van der Waals surface area contributed by atoms with E-state index in [0.29, 0.717) is 34.1 Å². The third-order valence-corrected chi connectivity index (χ3v) is 4.96. The predicted molar refractivity (Wildman–Crippen MR) is 113 cm³/mol. The van der Waals surface area contributed by atoms with Crippen LogP contribution in [0.15, 0.2) is 65.7 Å². The summed E-state index contributed by atoms with van der Waals surface area (Å²) in [4.78, 5) is 25.3. The normalized spacial score (nSPS) is 12.2. The summed E-state index contributed by atoms with van der Waals surface area (Å²) in [5.41, 5.74) is 2.10. The number of nitrogens with one attached hydrogen (secondary N) is 1. The van der Waals surface area contributed by atoms with Crippen LogP contribution in [0, 0.1) is 0 Å². The highest BCUT2D eigenvalue weighted by Gasteiger charge is 2.16. The monoisotopic (exact) mass is 418 g/mol. The maximum absolute atomic E-state index is 12.9. The highest BCUT2D eigenvalue weighted by molar-refractivity contribution is 5.90. The summed E-state index contributed by atoms with van der Waals surface area (Å²) in [6, 6.07) is 14.1. The second kappa shape index (κ2) is 7.52. The Balaban J connectivity index is 1.38. The van der Waals surface area contributed by atoms with E-state index in [-0.39, 0.29) is 24.8 Å². The highest BCUT2D eigenvalue weighted by atomic mass is 16.7. The summed E-state index contributed by atoms with van der Waals surface area (Å²) >= 11 is 0. The standard InChI is InChI=1S/C22H18N4O5/c1-29-16-5-3-15(4-6-16)23-21(27)12-25-8-9-26-18(22(25)28)11-17(24-26)14-2-7-19-20(10-14)31-13-30-19/h2-11H,12-13H2,1H3,(H,23,27). The Hall–Kier alpha value is -4.27. The molecule has 4 aromatic rings. The summed E-state index contributed by atoms with van der Waals surface area (Å²) in [5, 5.41) is 7.24. The number of methoxy groups -OCH3 is 1. The molecule has 156 valence electrons. The van der Waals surface area contributed by atoms with Gasteiger partial charge in [0, 0.05) is 23.6 Å². The minimum Gasteiger partial charge on any atom is -0.497 e. The van der Waals surface area contributed by atoms with E-state index >= 15 is 0 Å². The third-order valence-electron chi connectivity index (χ3n) is 4.96. The molecule has 9 heteroatoms. The van der Waals surface area contributed by atoms with Crippen molar-refractivity contribution < 1.29 is 19.0 Å². The van der Waals surface area contributed by atoms with Crippen LogP contribution in [0.1, 0.15) is 0 Å². The van der Waals surface area contributed by atoms with Crippen LogP contribution in [-0.4, -0.2) is 34.0 Å². The van der Waals surface area contributed by atoms with Crippen molar-refractivity contribution in [2.45, 2.75) is 6.54 Å². The number of anilines is 1. The highest BCUT2D eigenvalue weighted by Crippen LogP contribution is 2.35. The Morgan fingerprint density at radius 3 is 2.71 bits per heavy atom. The molecule has 2 aromatic heterocycles. The van der Waals surface area contributed by atoms with E-state index in [0.717, 1.165) is 5.56 Å². The van der Waals surface area contributed by atoms with E-state index in [2.05, 4.69) is 10.4 Å². The minimum atomic E-state index is -0.313. The molecule has 0 unspecified atom stereocenters. The summed E-state index contributed by atoms with van der Waals surface area (Å²) in [6.45, 7) is 0.0686. The van der Waals surface area contributed by atoms with Gasteiger partial charge in [-0.1, -0.05) is 0 Å².